The summed E-state index contributed by atoms with van der Waals surface area (Å²) in [5.74, 6) is 0.782. The first kappa shape index (κ1) is 10.4. The summed E-state index contributed by atoms with van der Waals surface area (Å²) in [5, 5.41) is 3.34. The predicted octanol–water partition coefficient (Wildman–Crippen LogP) is 0.707. The second-order valence-electron chi connectivity index (χ2n) is 4.48. The van der Waals surface area contributed by atoms with E-state index in [1.54, 1.807) is 0 Å². The molecule has 1 unspecified atom stereocenters. The molecule has 0 aromatic heterocycles. The van der Waals surface area contributed by atoms with E-state index < -0.39 is 0 Å². The van der Waals surface area contributed by atoms with Gasteiger partial charge in [-0.1, -0.05) is 6.92 Å². The highest BCUT2D eigenvalue weighted by molar-refractivity contribution is 4.85. The minimum Gasteiger partial charge on any atom is -0.381 e. The topological polar surface area (TPSA) is 24.5 Å². The van der Waals surface area contributed by atoms with E-state index in [0.717, 1.165) is 25.2 Å². The first-order valence-corrected chi connectivity index (χ1v) is 5.92. The van der Waals surface area contributed by atoms with Crippen LogP contribution >= 0.6 is 0 Å². The number of nitrogens with one attached hydrogen (secondary N) is 1. The Labute approximate surface area is 86.8 Å². The second kappa shape index (κ2) is 5.10. The van der Waals surface area contributed by atoms with Crippen LogP contribution in [0.5, 0.6) is 0 Å². The van der Waals surface area contributed by atoms with E-state index in [1.807, 2.05) is 0 Å². The molecule has 0 radical (unpaired) electrons. The number of rotatable bonds is 4. The molecule has 2 aliphatic rings. The quantitative estimate of drug-likeness (QED) is 0.720. The first-order chi connectivity index (χ1) is 6.90. The molecule has 14 heavy (non-hydrogen) atoms. The molecule has 2 aliphatic heterocycles. The molecule has 0 aromatic carbocycles. The summed E-state index contributed by atoms with van der Waals surface area (Å²) in [4.78, 5) is 2.61. The third-order valence-electron chi connectivity index (χ3n) is 3.43. The van der Waals surface area contributed by atoms with Crippen molar-refractivity contribution in [1.82, 2.24) is 10.2 Å². The van der Waals surface area contributed by atoms with Crippen LogP contribution in [0.4, 0.5) is 0 Å². The van der Waals surface area contributed by atoms with Gasteiger partial charge in [-0.3, -0.25) is 4.90 Å². The van der Waals surface area contributed by atoms with Crippen LogP contribution in [-0.2, 0) is 4.74 Å². The molecule has 0 spiro atoms. The van der Waals surface area contributed by atoms with Crippen LogP contribution in [0.1, 0.15) is 19.8 Å². The fourth-order valence-electron chi connectivity index (χ4n) is 2.35. The monoisotopic (exact) mass is 198 g/mol. The highest BCUT2D eigenvalue weighted by Crippen LogP contribution is 2.17. The van der Waals surface area contributed by atoms with Gasteiger partial charge in [0.05, 0.1) is 6.61 Å². The van der Waals surface area contributed by atoms with E-state index in [4.69, 9.17) is 4.74 Å². The van der Waals surface area contributed by atoms with Crippen LogP contribution in [0.3, 0.4) is 0 Å². The Hall–Kier alpha value is -0.120. The average Bonchev–Trinajstić information content (AvgIpc) is 2.15. The molecule has 1 atom stereocenters. The van der Waals surface area contributed by atoms with Crippen LogP contribution in [0, 0.1) is 5.92 Å². The van der Waals surface area contributed by atoms with E-state index in [-0.39, 0.29) is 0 Å². The van der Waals surface area contributed by atoms with E-state index in [0.29, 0.717) is 0 Å². The molecule has 2 saturated heterocycles. The van der Waals surface area contributed by atoms with Crippen LogP contribution < -0.4 is 5.32 Å². The van der Waals surface area contributed by atoms with Gasteiger partial charge in [-0.15, -0.1) is 0 Å². The number of hydrogen-bond donors (Lipinski definition) is 1. The molecular weight excluding hydrogens is 176 g/mol. The van der Waals surface area contributed by atoms with Crippen LogP contribution in [-0.4, -0.2) is 50.3 Å². The van der Waals surface area contributed by atoms with Crippen molar-refractivity contribution in [1.29, 1.82) is 0 Å². The molecule has 0 aromatic rings. The van der Waals surface area contributed by atoms with E-state index in [1.165, 1.54) is 39.0 Å². The summed E-state index contributed by atoms with van der Waals surface area (Å²) in [6, 6.07) is 0.793. The van der Waals surface area contributed by atoms with E-state index in [2.05, 4.69) is 17.1 Å². The first-order valence-electron chi connectivity index (χ1n) is 5.92. The van der Waals surface area contributed by atoms with Crippen molar-refractivity contribution in [3.8, 4) is 0 Å². The van der Waals surface area contributed by atoms with Crippen LogP contribution in [0.25, 0.3) is 0 Å². The van der Waals surface area contributed by atoms with Crippen molar-refractivity contribution >= 4 is 0 Å². The lowest BCUT2D eigenvalue weighted by Gasteiger charge is -2.40. The Balaban J connectivity index is 1.74. The van der Waals surface area contributed by atoms with Gasteiger partial charge in [-0.2, -0.15) is 0 Å². The summed E-state index contributed by atoms with van der Waals surface area (Å²) >= 11 is 0. The summed E-state index contributed by atoms with van der Waals surface area (Å²) < 4.78 is 5.52. The predicted molar refractivity (Wildman–Crippen MR) is 57.4 cm³/mol. The number of nitrogens with zero attached hydrogens (tertiary/aromatic N) is 1. The van der Waals surface area contributed by atoms with Crippen molar-refractivity contribution in [3.05, 3.63) is 0 Å². The second-order valence-corrected chi connectivity index (χ2v) is 4.48. The van der Waals surface area contributed by atoms with Crippen molar-refractivity contribution in [2.75, 3.05) is 39.4 Å². The van der Waals surface area contributed by atoms with Gasteiger partial charge in [-0.25, -0.2) is 0 Å². The van der Waals surface area contributed by atoms with Crippen molar-refractivity contribution in [2.24, 2.45) is 5.92 Å². The van der Waals surface area contributed by atoms with Crippen LogP contribution in [0.15, 0.2) is 0 Å². The Morgan fingerprint density at radius 3 is 2.79 bits per heavy atom. The fourth-order valence-corrected chi connectivity index (χ4v) is 2.35. The van der Waals surface area contributed by atoms with Gasteiger partial charge in [0.25, 0.3) is 0 Å². The van der Waals surface area contributed by atoms with Gasteiger partial charge in [0, 0.05) is 32.3 Å². The van der Waals surface area contributed by atoms with Gasteiger partial charge in [0.1, 0.15) is 0 Å². The number of ether oxygens (including phenoxy) is 1. The van der Waals surface area contributed by atoms with Crippen molar-refractivity contribution in [2.45, 2.75) is 25.8 Å². The lowest BCUT2D eigenvalue weighted by Crippen LogP contribution is -2.58. The molecule has 2 fully saturated rings. The normalized spacial score (nSPS) is 29.1. The largest absolute Gasteiger partial charge is 0.381 e. The highest BCUT2D eigenvalue weighted by atomic mass is 16.5. The van der Waals surface area contributed by atoms with Gasteiger partial charge in [0.2, 0.25) is 0 Å². The zero-order valence-corrected chi connectivity index (χ0v) is 9.17. The Morgan fingerprint density at radius 2 is 2.29 bits per heavy atom. The average molecular weight is 198 g/mol. The summed E-state index contributed by atoms with van der Waals surface area (Å²) in [7, 11) is 0. The maximum Gasteiger partial charge on any atom is 0.0506 e. The molecular formula is C11H22N2O. The van der Waals surface area contributed by atoms with Crippen molar-refractivity contribution in [3.63, 3.8) is 0 Å². The van der Waals surface area contributed by atoms with Gasteiger partial charge < -0.3 is 10.1 Å². The lowest BCUT2D eigenvalue weighted by molar-refractivity contribution is 0.0264. The fraction of sp³-hybridized carbons (Fsp3) is 1.00. The Morgan fingerprint density at radius 1 is 1.43 bits per heavy atom. The van der Waals surface area contributed by atoms with E-state index >= 15 is 0 Å². The zero-order valence-electron chi connectivity index (χ0n) is 9.17. The van der Waals surface area contributed by atoms with Crippen LogP contribution in [0.2, 0.25) is 0 Å². The summed E-state index contributed by atoms with van der Waals surface area (Å²) in [6.45, 7) is 9.01. The minimum absolute atomic E-state index is 0.782. The molecule has 3 heteroatoms. The lowest BCUT2D eigenvalue weighted by atomic mass is 10.00. The van der Waals surface area contributed by atoms with Gasteiger partial charge in [0.15, 0.2) is 0 Å². The van der Waals surface area contributed by atoms with Gasteiger partial charge in [-0.05, 0) is 25.3 Å². The molecule has 82 valence electrons. The zero-order chi connectivity index (χ0) is 9.80. The Bertz CT molecular complexity index is 165. The summed E-state index contributed by atoms with van der Waals surface area (Å²) in [5.41, 5.74) is 0. The minimum atomic E-state index is 0.782. The van der Waals surface area contributed by atoms with E-state index in [9.17, 15) is 0 Å². The molecule has 2 rings (SSSR count). The molecule has 1 N–H and O–H groups in total. The molecule has 0 bridgehead atoms. The van der Waals surface area contributed by atoms with Crippen molar-refractivity contribution < 1.29 is 4.74 Å². The number of hydrogen-bond acceptors (Lipinski definition) is 3. The SMILES string of the molecule is CCN(CC1CCCOC1)C1CNC1. The molecule has 0 amide bonds. The third kappa shape index (κ3) is 2.47. The highest BCUT2D eigenvalue weighted by Gasteiger charge is 2.26. The maximum absolute atomic E-state index is 5.52. The smallest absolute Gasteiger partial charge is 0.0506 e. The Kier molecular flexibility index (Phi) is 3.79. The maximum atomic E-state index is 5.52. The van der Waals surface area contributed by atoms with Gasteiger partial charge >= 0.3 is 0 Å². The standard InChI is InChI=1S/C11H22N2O/c1-2-13(11-6-12-7-11)8-10-4-3-5-14-9-10/h10-12H,2-9H2,1H3. The third-order valence-corrected chi connectivity index (χ3v) is 3.43. The summed E-state index contributed by atoms with van der Waals surface area (Å²) in [6.07, 6.45) is 2.61. The molecule has 3 nitrogen and oxygen atoms in total. The number of likely N-dealkylation sites (N-methyl/N-ethyl adjacent to an activating group) is 1. The molecule has 2 heterocycles. The molecule has 0 saturated carbocycles. The molecule has 0 aliphatic carbocycles.